The fourth-order valence-corrected chi connectivity index (χ4v) is 2.12. The number of benzene rings is 1. The van der Waals surface area contributed by atoms with Crippen molar-refractivity contribution in [2.75, 3.05) is 11.4 Å². The van der Waals surface area contributed by atoms with Gasteiger partial charge >= 0.3 is 0 Å². The molecule has 1 aromatic rings. The molecule has 0 aliphatic carbocycles. The monoisotopic (exact) mass is 185 g/mol. The number of anilines is 1. The molecule has 0 saturated heterocycles. The van der Waals surface area contributed by atoms with Gasteiger partial charge in [0, 0.05) is 19.2 Å². The molecule has 2 radical (unpaired) electrons. The first-order chi connectivity index (χ1) is 6.59. The smallest absolute Gasteiger partial charge is 0.223 e. The second-order valence-electron chi connectivity index (χ2n) is 3.77. The zero-order valence-electron chi connectivity index (χ0n) is 8.50. The van der Waals surface area contributed by atoms with E-state index in [0.29, 0.717) is 0 Å². The van der Waals surface area contributed by atoms with E-state index in [1.165, 1.54) is 5.56 Å². The summed E-state index contributed by atoms with van der Waals surface area (Å²) in [6.07, 6.45) is 0.917. The lowest BCUT2D eigenvalue weighted by Gasteiger charge is -2.17. The lowest BCUT2D eigenvalue weighted by molar-refractivity contribution is -0.116. The Hall–Kier alpha value is -1.25. The molecule has 1 aliphatic rings. The van der Waals surface area contributed by atoms with Crippen LogP contribution in [0.3, 0.4) is 0 Å². The number of fused-ring (bicyclic) bond motifs is 1. The number of carbonyl (C=O) groups is 1. The number of hydrogen-bond donors (Lipinski definition) is 0. The van der Waals surface area contributed by atoms with Gasteiger partial charge in [0.25, 0.3) is 0 Å². The van der Waals surface area contributed by atoms with Gasteiger partial charge in [-0.25, -0.2) is 0 Å². The second-order valence-corrected chi connectivity index (χ2v) is 3.77. The van der Waals surface area contributed by atoms with Gasteiger partial charge in [-0.1, -0.05) is 17.6 Å². The van der Waals surface area contributed by atoms with Gasteiger partial charge in [-0.3, -0.25) is 4.79 Å². The van der Waals surface area contributed by atoms with E-state index >= 15 is 0 Å². The van der Waals surface area contributed by atoms with E-state index in [-0.39, 0.29) is 5.91 Å². The van der Waals surface area contributed by atoms with E-state index < -0.39 is 0 Å². The molecule has 1 amide bonds. The number of carbonyl (C=O) groups excluding carboxylic acids is 1. The molecule has 0 N–H and O–H groups in total. The Bertz CT molecular complexity index is 401. The number of amides is 1. The topological polar surface area (TPSA) is 20.3 Å². The van der Waals surface area contributed by atoms with Crippen LogP contribution in [0.5, 0.6) is 0 Å². The maximum absolute atomic E-state index is 11.3. The highest BCUT2D eigenvalue weighted by Crippen LogP contribution is 2.30. The third-order valence-electron chi connectivity index (χ3n) is 2.66. The van der Waals surface area contributed by atoms with Crippen molar-refractivity contribution in [3.05, 3.63) is 23.3 Å². The molecule has 0 unspecified atom stereocenters. The summed E-state index contributed by atoms with van der Waals surface area (Å²) in [4.78, 5) is 13.2. The number of nitrogens with zero attached hydrogens (tertiary/aromatic N) is 1. The molecule has 14 heavy (non-hydrogen) atoms. The predicted molar refractivity (Wildman–Crippen MR) is 58.3 cm³/mol. The van der Waals surface area contributed by atoms with Crippen LogP contribution in [0, 0.1) is 6.92 Å². The maximum Gasteiger partial charge on any atom is 0.223 e. The molecule has 3 heteroatoms. The van der Waals surface area contributed by atoms with E-state index in [9.17, 15) is 4.79 Å². The Balaban J connectivity index is 2.54. The molecule has 1 aliphatic heterocycles. The molecular weight excluding hydrogens is 173 g/mol. The summed E-state index contributed by atoms with van der Waals surface area (Å²) in [6.45, 7) is 4.39. The SMILES string of the molecule is [B]c1cc(C)c2c(c1)CCN2C(C)=O. The van der Waals surface area contributed by atoms with Gasteiger partial charge in [-0.2, -0.15) is 0 Å². The first kappa shape index (κ1) is 9.32. The molecule has 1 aromatic carbocycles. The summed E-state index contributed by atoms with van der Waals surface area (Å²) in [5, 5.41) is 0. The van der Waals surface area contributed by atoms with E-state index in [2.05, 4.69) is 0 Å². The van der Waals surface area contributed by atoms with Crippen LogP contribution < -0.4 is 10.4 Å². The van der Waals surface area contributed by atoms with E-state index in [1.54, 1.807) is 6.92 Å². The van der Waals surface area contributed by atoms with Crippen molar-refractivity contribution in [1.82, 2.24) is 0 Å². The van der Waals surface area contributed by atoms with Crippen molar-refractivity contribution in [2.24, 2.45) is 0 Å². The molecule has 1 heterocycles. The summed E-state index contributed by atoms with van der Waals surface area (Å²) in [5.74, 6) is 0.108. The molecule has 0 fully saturated rings. The predicted octanol–water partition coefficient (Wildman–Crippen LogP) is 0.698. The van der Waals surface area contributed by atoms with Crippen LogP contribution in [-0.4, -0.2) is 20.3 Å². The van der Waals surface area contributed by atoms with Crippen molar-refractivity contribution in [1.29, 1.82) is 0 Å². The summed E-state index contributed by atoms with van der Waals surface area (Å²) in [5.41, 5.74) is 4.13. The zero-order chi connectivity index (χ0) is 10.3. The molecule has 0 atom stereocenters. The Morgan fingerprint density at radius 2 is 2.21 bits per heavy atom. The number of rotatable bonds is 0. The van der Waals surface area contributed by atoms with Crippen LogP contribution in [-0.2, 0) is 11.2 Å². The molecule has 70 valence electrons. The van der Waals surface area contributed by atoms with E-state index in [4.69, 9.17) is 7.85 Å². The third-order valence-corrected chi connectivity index (χ3v) is 2.66. The maximum atomic E-state index is 11.3. The van der Waals surface area contributed by atoms with Crippen molar-refractivity contribution < 1.29 is 4.79 Å². The normalized spacial score (nSPS) is 14.3. The molecule has 2 nitrogen and oxygen atoms in total. The third kappa shape index (κ3) is 1.33. The molecular formula is C11H12BNO. The molecule has 0 saturated carbocycles. The Labute approximate surface area is 85.3 Å². The Morgan fingerprint density at radius 3 is 2.86 bits per heavy atom. The van der Waals surface area contributed by atoms with E-state index in [1.807, 2.05) is 24.0 Å². The first-order valence-electron chi connectivity index (χ1n) is 4.76. The van der Waals surface area contributed by atoms with Gasteiger partial charge in [0.1, 0.15) is 7.85 Å². The minimum Gasteiger partial charge on any atom is -0.312 e. The van der Waals surface area contributed by atoms with Crippen LogP contribution in [0.2, 0.25) is 0 Å². The van der Waals surface area contributed by atoms with E-state index in [0.717, 1.165) is 29.7 Å². The van der Waals surface area contributed by atoms with Crippen molar-refractivity contribution in [3.63, 3.8) is 0 Å². The average molecular weight is 185 g/mol. The largest absolute Gasteiger partial charge is 0.312 e. The highest BCUT2D eigenvalue weighted by Gasteiger charge is 2.23. The standard InChI is InChI=1S/C11H12BNO/c1-7-5-10(12)6-9-3-4-13(8(2)14)11(7)9/h5-6H,3-4H2,1-2H3. The van der Waals surface area contributed by atoms with Gasteiger partial charge in [0.05, 0.1) is 0 Å². The van der Waals surface area contributed by atoms with Crippen LogP contribution in [0.4, 0.5) is 5.69 Å². The van der Waals surface area contributed by atoms with Gasteiger partial charge < -0.3 is 4.90 Å². The van der Waals surface area contributed by atoms with Crippen LogP contribution >= 0.6 is 0 Å². The molecule has 2 rings (SSSR count). The minimum absolute atomic E-state index is 0.108. The van der Waals surface area contributed by atoms with Crippen LogP contribution in [0.25, 0.3) is 0 Å². The summed E-state index contributed by atoms with van der Waals surface area (Å²) >= 11 is 0. The fraction of sp³-hybridized carbons (Fsp3) is 0.364. The quantitative estimate of drug-likeness (QED) is 0.544. The summed E-state index contributed by atoms with van der Waals surface area (Å²) in [7, 11) is 5.75. The van der Waals surface area contributed by atoms with Crippen molar-refractivity contribution in [3.8, 4) is 0 Å². The minimum atomic E-state index is 0.108. The van der Waals surface area contributed by atoms with Crippen molar-refractivity contribution in [2.45, 2.75) is 20.3 Å². The Morgan fingerprint density at radius 1 is 1.50 bits per heavy atom. The Kier molecular flexibility index (Phi) is 2.10. The lowest BCUT2D eigenvalue weighted by atomic mass is 9.91. The van der Waals surface area contributed by atoms with Gasteiger partial charge in [0.2, 0.25) is 5.91 Å². The highest BCUT2D eigenvalue weighted by atomic mass is 16.2. The van der Waals surface area contributed by atoms with Gasteiger partial charge in [-0.05, 0) is 24.5 Å². The molecule has 0 bridgehead atoms. The van der Waals surface area contributed by atoms with Crippen molar-refractivity contribution >= 4 is 24.9 Å². The first-order valence-corrected chi connectivity index (χ1v) is 4.76. The van der Waals surface area contributed by atoms with Gasteiger partial charge in [-0.15, -0.1) is 0 Å². The lowest BCUT2D eigenvalue weighted by Crippen LogP contribution is -2.26. The average Bonchev–Trinajstić information content (AvgIpc) is 2.47. The summed E-state index contributed by atoms with van der Waals surface area (Å²) < 4.78 is 0. The van der Waals surface area contributed by atoms with Gasteiger partial charge in [0.15, 0.2) is 0 Å². The number of hydrogen-bond acceptors (Lipinski definition) is 1. The summed E-state index contributed by atoms with van der Waals surface area (Å²) in [6, 6.07) is 3.88. The molecule has 0 spiro atoms. The fourth-order valence-electron chi connectivity index (χ4n) is 2.12. The second kappa shape index (κ2) is 3.16. The molecule has 0 aromatic heterocycles. The highest BCUT2D eigenvalue weighted by molar-refractivity contribution is 6.32. The number of aryl methyl sites for hydroxylation is 1. The van der Waals surface area contributed by atoms with Crippen LogP contribution in [0.1, 0.15) is 18.1 Å². The van der Waals surface area contributed by atoms with Crippen LogP contribution in [0.15, 0.2) is 12.1 Å². The zero-order valence-corrected chi connectivity index (χ0v) is 8.50.